The van der Waals surface area contributed by atoms with E-state index in [1.165, 1.54) is 6.26 Å². The number of carbonyl (C=O) groups excluding carboxylic acids is 2. The molecule has 7 heteroatoms. The van der Waals surface area contributed by atoms with Gasteiger partial charge in [0.1, 0.15) is 5.75 Å². The number of nitrogens with one attached hydrogen (secondary N) is 2. The quantitative estimate of drug-likeness (QED) is 0.469. The van der Waals surface area contributed by atoms with Crippen LogP contribution in [-0.2, 0) is 0 Å². The number of nitrogens with zero attached hydrogens (tertiary/aromatic N) is 1. The molecule has 0 aliphatic heterocycles. The molecule has 0 radical (unpaired) electrons. The van der Waals surface area contributed by atoms with Crippen LogP contribution in [0.15, 0.2) is 76.4 Å². The molecule has 3 rings (SSSR count). The van der Waals surface area contributed by atoms with Gasteiger partial charge in [0.05, 0.1) is 18.6 Å². The Morgan fingerprint density at radius 1 is 1.00 bits per heavy atom. The van der Waals surface area contributed by atoms with Crippen molar-refractivity contribution in [1.82, 2.24) is 5.43 Å². The van der Waals surface area contributed by atoms with Crippen molar-refractivity contribution in [2.45, 2.75) is 13.8 Å². The van der Waals surface area contributed by atoms with Gasteiger partial charge in [-0.3, -0.25) is 9.59 Å². The molecule has 0 atom stereocenters. The molecule has 7 nitrogen and oxygen atoms in total. The lowest BCUT2D eigenvalue weighted by molar-refractivity contribution is 0.0953. The van der Waals surface area contributed by atoms with Gasteiger partial charge in [0, 0.05) is 11.3 Å². The van der Waals surface area contributed by atoms with E-state index in [1.54, 1.807) is 61.5 Å². The average Bonchev–Trinajstić information content (AvgIpc) is 3.28. The van der Waals surface area contributed by atoms with E-state index in [0.29, 0.717) is 29.3 Å². The zero-order chi connectivity index (χ0) is 20.6. The van der Waals surface area contributed by atoms with Gasteiger partial charge in [-0.05, 0) is 67.9 Å². The smallest absolute Gasteiger partial charge is 0.291 e. The summed E-state index contributed by atoms with van der Waals surface area (Å²) >= 11 is 0. The summed E-state index contributed by atoms with van der Waals surface area (Å²) in [5.74, 6) is 0.265. The number of rotatable bonds is 7. The van der Waals surface area contributed by atoms with Crippen molar-refractivity contribution in [3.63, 3.8) is 0 Å². The van der Waals surface area contributed by atoms with E-state index in [9.17, 15) is 9.59 Å². The van der Waals surface area contributed by atoms with Gasteiger partial charge in [-0.15, -0.1) is 0 Å². The van der Waals surface area contributed by atoms with E-state index in [4.69, 9.17) is 9.15 Å². The van der Waals surface area contributed by atoms with Crippen LogP contribution in [0.5, 0.6) is 5.75 Å². The highest BCUT2D eigenvalue weighted by molar-refractivity contribution is 6.04. The summed E-state index contributed by atoms with van der Waals surface area (Å²) in [6.07, 6.45) is 1.44. The molecule has 0 saturated carbocycles. The molecule has 0 aliphatic carbocycles. The van der Waals surface area contributed by atoms with Gasteiger partial charge in [0.2, 0.25) is 0 Å². The molecule has 0 aliphatic rings. The van der Waals surface area contributed by atoms with Crippen molar-refractivity contribution in [3.05, 3.63) is 83.8 Å². The molecule has 3 aromatic rings. The summed E-state index contributed by atoms with van der Waals surface area (Å²) in [6.45, 7) is 4.23. The molecule has 2 amide bonds. The zero-order valence-corrected chi connectivity index (χ0v) is 16.1. The average molecular weight is 391 g/mol. The van der Waals surface area contributed by atoms with Crippen LogP contribution in [0.3, 0.4) is 0 Å². The first-order valence-electron chi connectivity index (χ1n) is 9.09. The van der Waals surface area contributed by atoms with E-state index in [0.717, 1.165) is 5.56 Å². The Bertz CT molecular complexity index is 1010. The molecule has 0 spiro atoms. The van der Waals surface area contributed by atoms with E-state index < -0.39 is 0 Å². The third kappa shape index (κ3) is 5.32. The van der Waals surface area contributed by atoms with Crippen molar-refractivity contribution in [2.24, 2.45) is 5.10 Å². The number of ether oxygens (including phenoxy) is 1. The van der Waals surface area contributed by atoms with Crippen LogP contribution in [0, 0.1) is 0 Å². The SMILES string of the molecule is CCOc1ccc(C(=O)NN=C(C)c2cccc(NC(=O)c3ccco3)c2)cc1. The summed E-state index contributed by atoms with van der Waals surface area (Å²) in [7, 11) is 0. The van der Waals surface area contributed by atoms with E-state index >= 15 is 0 Å². The fourth-order valence-corrected chi connectivity index (χ4v) is 2.56. The molecule has 1 aromatic heterocycles. The monoisotopic (exact) mass is 391 g/mol. The highest BCUT2D eigenvalue weighted by Crippen LogP contribution is 2.14. The van der Waals surface area contributed by atoms with Crippen LogP contribution in [0.25, 0.3) is 0 Å². The molecule has 148 valence electrons. The molecule has 2 N–H and O–H groups in total. The maximum Gasteiger partial charge on any atom is 0.291 e. The van der Waals surface area contributed by atoms with Crippen LogP contribution in [0.2, 0.25) is 0 Å². The lowest BCUT2D eigenvalue weighted by atomic mass is 10.1. The van der Waals surface area contributed by atoms with E-state index in [1.807, 2.05) is 13.0 Å². The summed E-state index contributed by atoms with van der Waals surface area (Å²) in [6, 6.07) is 17.2. The van der Waals surface area contributed by atoms with Gasteiger partial charge in [-0.25, -0.2) is 5.43 Å². The molecular formula is C22H21N3O4. The second-order valence-corrected chi connectivity index (χ2v) is 6.11. The Morgan fingerprint density at radius 2 is 1.79 bits per heavy atom. The molecule has 29 heavy (non-hydrogen) atoms. The van der Waals surface area contributed by atoms with Crippen LogP contribution in [0.4, 0.5) is 5.69 Å². The fourth-order valence-electron chi connectivity index (χ4n) is 2.56. The number of amides is 2. The van der Waals surface area contributed by atoms with Gasteiger partial charge >= 0.3 is 0 Å². The maximum atomic E-state index is 12.3. The molecule has 0 fully saturated rings. The van der Waals surface area contributed by atoms with E-state index in [-0.39, 0.29) is 17.6 Å². The van der Waals surface area contributed by atoms with Crippen molar-refractivity contribution in [3.8, 4) is 5.75 Å². The van der Waals surface area contributed by atoms with Gasteiger partial charge in [-0.1, -0.05) is 12.1 Å². The van der Waals surface area contributed by atoms with Crippen LogP contribution < -0.4 is 15.5 Å². The minimum Gasteiger partial charge on any atom is -0.494 e. The summed E-state index contributed by atoms with van der Waals surface area (Å²) < 4.78 is 10.4. The number of furan rings is 1. The Balaban J connectivity index is 1.64. The second kappa shape index (κ2) is 9.36. The van der Waals surface area contributed by atoms with Crippen molar-refractivity contribution in [2.75, 3.05) is 11.9 Å². The highest BCUT2D eigenvalue weighted by atomic mass is 16.5. The molecule has 0 saturated heterocycles. The number of carbonyl (C=O) groups is 2. The van der Waals surface area contributed by atoms with Crippen molar-refractivity contribution in [1.29, 1.82) is 0 Å². The maximum absolute atomic E-state index is 12.3. The first kappa shape index (κ1) is 19.9. The van der Waals surface area contributed by atoms with E-state index in [2.05, 4.69) is 15.8 Å². The summed E-state index contributed by atoms with van der Waals surface area (Å²) in [5.41, 5.74) is 4.96. The van der Waals surface area contributed by atoms with Crippen molar-refractivity contribution >= 4 is 23.2 Å². The van der Waals surface area contributed by atoms with Gasteiger partial charge in [0.25, 0.3) is 11.8 Å². The summed E-state index contributed by atoms with van der Waals surface area (Å²) in [5, 5.41) is 6.91. The van der Waals surface area contributed by atoms with Crippen LogP contribution in [0.1, 0.15) is 40.3 Å². The lowest BCUT2D eigenvalue weighted by Crippen LogP contribution is -2.19. The van der Waals surface area contributed by atoms with Gasteiger partial charge in [-0.2, -0.15) is 5.10 Å². The number of hydrogen-bond donors (Lipinski definition) is 2. The summed E-state index contributed by atoms with van der Waals surface area (Å²) in [4.78, 5) is 24.4. The number of benzene rings is 2. The Kier molecular flexibility index (Phi) is 6.42. The first-order valence-corrected chi connectivity index (χ1v) is 9.09. The third-order valence-corrected chi connectivity index (χ3v) is 4.04. The molecule has 0 unspecified atom stereocenters. The normalized spacial score (nSPS) is 11.0. The minimum atomic E-state index is -0.342. The lowest BCUT2D eigenvalue weighted by Gasteiger charge is -2.07. The molecule has 1 heterocycles. The molecule has 0 bridgehead atoms. The third-order valence-electron chi connectivity index (χ3n) is 4.04. The first-order chi connectivity index (χ1) is 14.1. The number of hydrogen-bond acceptors (Lipinski definition) is 5. The number of anilines is 1. The predicted molar refractivity (Wildman–Crippen MR) is 110 cm³/mol. The van der Waals surface area contributed by atoms with Gasteiger partial charge in [0.15, 0.2) is 5.76 Å². The fraction of sp³-hybridized carbons (Fsp3) is 0.136. The van der Waals surface area contributed by atoms with Crippen LogP contribution >= 0.6 is 0 Å². The predicted octanol–water partition coefficient (Wildman–Crippen LogP) is 4.08. The Labute approximate surface area is 168 Å². The van der Waals surface area contributed by atoms with Crippen LogP contribution in [-0.4, -0.2) is 24.1 Å². The standard InChI is InChI=1S/C22H21N3O4/c1-3-28-19-11-9-16(10-12-19)21(26)25-24-15(2)17-6-4-7-18(14-17)23-22(27)20-8-5-13-29-20/h4-14H,3H2,1-2H3,(H,23,27)(H,25,26). The van der Waals surface area contributed by atoms with Crippen molar-refractivity contribution < 1.29 is 18.7 Å². The highest BCUT2D eigenvalue weighted by Gasteiger charge is 2.10. The Morgan fingerprint density at radius 3 is 2.48 bits per heavy atom. The molecule has 2 aromatic carbocycles. The number of hydrazone groups is 1. The Hall–Kier alpha value is -3.87. The largest absolute Gasteiger partial charge is 0.494 e. The molecular weight excluding hydrogens is 370 g/mol. The topological polar surface area (TPSA) is 92.9 Å². The zero-order valence-electron chi connectivity index (χ0n) is 16.1. The second-order valence-electron chi connectivity index (χ2n) is 6.11. The minimum absolute atomic E-state index is 0.225. The van der Waals surface area contributed by atoms with Gasteiger partial charge < -0.3 is 14.5 Å².